The minimum atomic E-state index is -1.34. The third-order valence-electron chi connectivity index (χ3n) is 0.346. The van der Waals surface area contributed by atoms with Crippen molar-refractivity contribution in [1.29, 1.82) is 5.26 Å². The Bertz CT molecular complexity index is 121. The molecule has 0 aliphatic heterocycles. The van der Waals surface area contributed by atoms with Gasteiger partial charge in [0.1, 0.15) is 0 Å². The minimum Gasteiger partial charge on any atom is 1.00 e. The zero-order chi connectivity index (χ0) is 5.86. The molecule has 0 fully saturated rings. The predicted molar refractivity (Wildman–Crippen MR) is 21.5 cm³/mol. The van der Waals surface area contributed by atoms with Crippen molar-refractivity contribution in [2.75, 3.05) is 0 Å². The van der Waals surface area contributed by atoms with Crippen molar-refractivity contribution in [1.82, 2.24) is 0 Å². The van der Waals surface area contributed by atoms with Crippen molar-refractivity contribution in [3.05, 3.63) is 0 Å². The Balaban J connectivity index is 0. The summed E-state index contributed by atoms with van der Waals surface area (Å²) in [6.07, 6.45) is 0. The molecule has 0 saturated carbocycles. The topological polar surface area (TPSA) is 63.9 Å². The zero-order valence-electron chi connectivity index (χ0n) is 4.29. The number of hydrogen-bond donors (Lipinski definition) is 0. The first-order valence-corrected chi connectivity index (χ1v) is 2.55. The van der Waals surface area contributed by atoms with Crippen LogP contribution in [-0.2, 0) is 4.79 Å². The van der Waals surface area contributed by atoms with Gasteiger partial charge in [0, 0.05) is 0 Å². The average Bonchev–Trinajstić information content (AvgIpc) is 1.65. The Hall–Kier alpha value is 0.479. The standard InChI is InChI=1S/C3H3NO2Se.Na/c4-1-2(7)3(5)6;/h2,7H,(H,5,6);/q;+1/p-1. The largest absolute Gasteiger partial charge is 1.00 e. The molecular weight excluding hydrogens is 184 g/mol. The third-order valence-corrected chi connectivity index (χ3v) is 1.03. The Kier molecular flexibility index (Phi) is 7.93. The van der Waals surface area contributed by atoms with E-state index < -0.39 is 10.8 Å². The van der Waals surface area contributed by atoms with Gasteiger partial charge in [-0.1, -0.05) is 0 Å². The summed E-state index contributed by atoms with van der Waals surface area (Å²) in [5.41, 5.74) is 0. The van der Waals surface area contributed by atoms with Gasteiger partial charge < -0.3 is 0 Å². The van der Waals surface area contributed by atoms with Crippen LogP contribution in [0, 0.1) is 11.3 Å². The fourth-order valence-corrected chi connectivity index (χ4v) is 0.0527. The zero-order valence-corrected chi connectivity index (χ0v) is 8.16. The molecule has 0 aromatic carbocycles. The number of carbonyl (C=O) groups excluding carboxylic acids is 1. The summed E-state index contributed by atoms with van der Waals surface area (Å²) in [5, 5.41) is 17.4. The molecule has 0 rings (SSSR count). The molecule has 0 bridgehead atoms. The van der Waals surface area contributed by atoms with Gasteiger partial charge in [0.2, 0.25) is 0 Å². The van der Waals surface area contributed by atoms with Gasteiger partial charge in [0.15, 0.2) is 0 Å². The minimum absolute atomic E-state index is 0. The summed E-state index contributed by atoms with van der Waals surface area (Å²) < 4.78 is 0. The quantitative estimate of drug-likeness (QED) is 0.385. The number of carbonyl (C=O) groups is 1. The van der Waals surface area contributed by atoms with Crippen LogP contribution in [0.15, 0.2) is 0 Å². The van der Waals surface area contributed by atoms with Crippen LogP contribution in [0.1, 0.15) is 0 Å². The maximum atomic E-state index is 9.58. The first-order valence-electron chi connectivity index (χ1n) is 1.47. The smallest absolute Gasteiger partial charge is 1.00 e. The van der Waals surface area contributed by atoms with Gasteiger partial charge in [0.05, 0.1) is 0 Å². The Morgan fingerprint density at radius 3 is 2.25 bits per heavy atom. The number of nitrogens with zero attached hydrogens (tertiary/aromatic N) is 1. The number of rotatable bonds is 1. The average molecular weight is 186 g/mol. The molecule has 0 aromatic heterocycles. The van der Waals surface area contributed by atoms with Crippen LogP contribution in [0.5, 0.6) is 0 Å². The van der Waals surface area contributed by atoms with Gasteiger partial charge in [-0.25, -0.2) is 0 Å². The molecule has 0 aliphatic rings. The van der Waals surface area contributed by atoms with Crippen LogP contribution in [0.2, 0.25) is 4.82 Å². The molecule has 8 heavy (non-hydrogen) atoms. The normalized spacial score (nSPS) is 10.5. The van der Waals surface area contributed by atoms with E-state index in [2.05, 4.69) is 0 Å². The Morgan fingerprint density at radius 2 is 2.25 bits per heavy atom. The molecule has 5 heteroatoms. The van der Waals surface area contributed by atoms with Crippen molar-refractivity contribution < 1.29 is 39.5 Å². The van der Waals surface area contributed by atoms with Gasteiger partial charge in [-0.2, -0.15) is 0 Å². The van der Waals surface area contributed by atoms with Crippen molar-refractivity contribution in [3.63, 3.8) is 0 Å². The van der Waals surface area contributed by atoms with Crippen molar-refractivity contribution in [3.8, 4) is 6.07 Å². The molecule has 1 unspecified atom stereocenters. The molecule has 0 spiro atoms. The van der Waals surface area contributed by atoms with Gasteiger partial charge in [-0.3, -0.25) is 0 Å². The molecule has 38 valence electrons. The fourth-order valence-electron chi connectivity index (χ4n) is 0.0527. The molecule has 0 N–H and O–H groups in total. The van der Waals surface area contributed by atoms with E-state index in [0.29, 0.717) is 0 Å². The molecule has 0 aromatic rings. The second-order valence-electron chi connectivity index (χ2n) is 0.851. The van der Waals surface area contributed by atoms with E-state index in [-0.39, 0.29) is 29.6 Å². The van der Waals surface area contributed by atoms with Crippen LogP contribution in [0.4, 0.5) is 0 Å². The second-order valence-corrected chi connectivity index (χ2v) is 1.93. The first kappa shape index (κ1) is 11.3. The van der Waals surface area contributed by atoms with E-state index in [4.69, 9.17) is 5.26 Å². The first-order chi connectivity index (χ1) is 3.18. The summed E-state index contributed by atoms with van der Waals surface area (Å²) >= 11 is 1.69. The SMILES string of the molecule is N#CC([SeH])C(=O)[O-].[Na+]. The van der Waals surface area contributed by atoms with E-state index in [1.165, 1.54) is 6.07 Å². The summed E-state index contributed by atoms with van der Waals surface area (Å²) in [4.78, 5) is 8.53. The number of carboxylic acids is 1. The molecule has 3 nitrogen and oxygen atoms in total. The molecule has 0 saturated heterocycles. The van der Waals surface area contributed by atoms with Gasteiger partial charge in [0.25, 0.3) is 0 Å². The van der Waals surface area contributed by atoms with Crippen molar-refractivity contribution in [2.24, 2.45) is 0 Å². The second kappa shape index (κ2) is 5.61. The molecular formula is C3H2NNaO2Se. The van der Waals surface area contributed by atoms with E-state index in [0.717, 1.165) is 0 Å². The Morgan fingerprint density at radius 1 is 1.88 bits per heavy atom. The summed E-state index contributed by atoms with van der Waals surface area (Å²) in [6, 6.07) is 1.47. The maximum absolute atomic E-state index is 9.58. The van der Waals surface area contributed by atoms with Crippen molar-refractivity contribution >= 4 is 22.0 Å². The molecule has 0 heterocycles. The number of carboxylic acid groups (broad SMARTS) is 1. The fraction of sp³-hybridized carbons (Fsp3) is 0.333. The number of hydrogen-bond acceptors (Lipinski definition) is 3. The van der Waals surface area contributed by atoms with Crippen LogP contribution in [0.3, 0.4) is 0 Å². The van der Waals surface area contributed by atoms with Crippen LogP contribution < -0.4 is 34.7 Å². The van der Waals surface area contributed by atoms with E-state index in [1.807, 2.05) is 0 Å². The number of aliphatic carboxylic acids is 1. The monoisotopic (exact) mass is 187 g/mol. The third kappa shape index (κ3) is 4.63. The van der Waals surface area contributed by atoms with E-state index in [9.17, 15) is 9.90 Å². The van der Waals surface area contributed by atoms with Gasteiger partial charge in [-0.05, 0) is 0 Å². The number of nitriles is 1. The predicted octanol–water partition coefficient (Wildman–Crippen LogP) is -5.05. The maximum Gasteiger partial charge on any atom is 1.00 e. The summed E-state index contributed by atoms with van der Waals surface area (Å²) in [7, 11) is 0. The molecule has 0 aliphatic carbocycles. The van der Waals surface area contributed by atoms with Crippen LogP contribution in [0.25, 0.3) is 0 Å². The van der Waals surface area contributed by atoms with Crippen LogP contribution in [-0.4, -0.2) is 22.0 Å². The molecule has 0 amide bonds. The van der Waals surface area contributed by atoms with Gasteiger partial charge >= 0.3 is 77.6 Å². The van der Waals surface area contributed by atoms with Gasteiger partial charge in [-0.15, -0.1) is 0 Å². The summed E-state index contributed by atoms with van der Waals surface area (Å²) in [5.74, 6) is -1.34. The van der Waals surface area contributed by atoms with Crippen LogP contribution >= 0.6 is 0 Å². The van der Waals surface area contributed by atoms with E-state index in [1.54, 1.807) is 16.0 Å². The molecule has 1 atom stereocenters. The molecule has 0 radical (unpaired) electrons. The van der Waals surface area contributed by atoms with E-state index >= 15 is 0 Å². The van der Waals surface area contributed by atoms with Crippen molar-refractivity contribution in [2.45, 2.75) is 4.82 Å². The Labute approximate surface area is 77.2 Å². The summed E-state index contributed by atoms with van der Waals surface area (Å²) in [6.45, 7) is 0.